The second-order valence-corrected chi connectivity index (χ2v) is 4.77. The van der Waals surface area contributed by atoms with E-state index in [1.165, 1.54) is 0 Å². The Kier molecular flexibility index (Phi) is 7.87. The molecule has 1 amide bonds. The van der Waals surface area contributed by atoms with Gasteiger partial charge in [-0.15, -0.1) is 0 Å². The largest absolute Gasteiger partial charge is 0.395 e. The highest BCUT2D eigenvalue weighted by molar-refractivity contribution is 5.90. The number of aliphatic hydroxyl groups is 1. The summed E-state index contributed by atoms with van der Waals surface area (Å²) in [7, 11) is 0. The fraction of sp³-hybridized carbons (Fsp3) is 0.533. The zero-order chi connectivity index (χ0) is 14.8. The van der Waals surface area contributed by atoms with Crippen LogP contribution in [0.1, 0.15) is 25.3 Å². The zero-order valence-corrected chi connectivity index (χ0v) is 12.1. The van der Waals surface area contributed by atoms with Crippen LogP contribution in [0.25, 0.3) is 0 Å². The van der Waals surface area contributed by atoms with Gasteiger partial charge >= 0.3 is 0 Å². The molecular formula is C15H25N3O2. The van der Waals surface area contributed by atoms with Crippen LogP contribution in [0.3, 0.4) is 0 Å². The van der Waals surface area contributed by atoms with Crippen LogP contribution < -0.4 is 11.1 Å². The lowest BCUT2D eigenvalue weighted by atomic mass is 10.2. The number of hydrogen-bond donors (Lipinski definition) is 3. The van der Waals surface area contributed by atoms with E-state index >= 15 is 0 Å². The van der Waals surface area contributed by atoms with E-state index in [4.69, 9.17) is 10.8 Å². The molecule has 0 aliphatic rings. The van der Waals surface area contributed by atoms with Gasteiger partial charge in [0.05, 0.1) is 6.61 Å². The standard InChI is InChI=1S/C15H25N3O2/c1-2-7-18(9-10-19)8-6-15(20)17-14-5-3-4-13(11-14)12-16/h3-5,11,19H,2,6-10,12,16H2,1H3,(H,17,20). The number of benzene rings is 1. The molecule has 0 atom stereocenters. The van der Waals surface area contributed by atoms with E-state index in [0.717, 1.165) is 24.2 Å². The number of rotatable bonds is 9. The molecule has 0 bridgehead atoms. The molecule has 5 heteroatoms. The molecule has 112 valence electrons. The minimum absolute atomic E-state index is 0.0155. The first-order valence-corrected chi connectivity index (χ1v) is 7.11. The zero-order valence-electron chi connectivity index (χ0n) is 12.1. The number of anilines is 1. The highest BCUT2D eigenvalue weighted by Crippen LogP contribution is 2.10. The van der Waals surface area contributed by atoms with Gasteiger partial charge in [-0.3, -0.25) is 4.79 Å². The first-order valence-electron chi connectivity index (χ1n) is 7.11. The van der Waals surface area contributed by atoms with Gasteiger partial charge in [-0.05, 0) is 30.7 Å². The predicted molar refractivity (Wildman–Crippen MR) is 81.4 cm³/mol. The minimum Gasteiger partial charge on any atom is -0.395 e. The van der Waals surface area contributed by atoms with Crippen molar-refractivity contribution >= 4 is 11.6 Å². The molecule has 0 aliphatic heterocycles. The van der Waals surface area contributed by atoms with Crippen LogP contribution in [0, 0.1) is 0 Å². The molecule has 0 heterocycles. The van der Waals surface area contributed by atoms with Crippen molar-refractivity contribution in [2.24, 2.45) is 5.73 Å². The Morgan fingerprint density at radius 3 is 2.80 bits per heavy atom. The van der Waals surface area contributed by atoms with Crippen molar-refractivity contribution in [2.75, 3.05) is 31.6 Å². The van der Waals surface area contributed by atoms with Crippen molar-refractivity contribution in [1.82, 2.24) is 4.90 Å². The Labute approximate surface area is 120 Å². The maximum absolute atomic E-state index is 11.9. The molecule has 0 saturated carbocycles. The van der Waals surface area contributed by atoms with Gasteiger partial charge in [0, 0.05) is 31.7 Å². The second-order valence-electron chi connectivity index (χ2n) is 4.77. The Balaban J connectivity index is 2.42. The molecule has 1 aromatic carbocycles. The quantitative estimate of drug-likeness (QED) is 0.634. The number of carbonyl (C=O) groups is 1. The molecule has 0 radical (unpaired) electrons. The summed E-state index contributed by atoms with van der Waals surface area (Å²) in [4.78, 5) is 14.0. The Hall–Kier alpha value is -1.43. The average molecular weight is 279 g/mol. The Morgan fingerprint density at radius 1 is 1.35 bits per heavy atom. The van der Waals surface area contributed by atoms with Crippen molar-refractivity contribution in [1.29, 1.82) is 0 Å². The number of amides is 1. The number of nitrogens with one attached hydrogen (secondary N) is 1. The van der Waals surface area contributed by atoms with Gasteiger partial charge in [0.2, 0.25) is 5.91 Å². The Morgan fingerprint density at radius 2 is 2.15 bits per heavy atom. The summed E-state index contributed by atoms with van der Waals surface area (Å²) in [5, 5.41) is 11.8. The molecule has 0 saturated heterocycles. The monoisotopic (exact) mass is 279 g/mol. The Bertz CT molecular complexity index is 404. The van der Waals surface area contributed by atoms with Crippen molar-refractivity contribution in [3.8, 4) is 0 Å². The molecule has 20 heavy (non-hydrogen) atoms. The number of hydrogen-bond acceptors (Lipinski definition) is 4. The number of aliphatic hydroxyl groups excluding tert-OH is 1. The van der Waals surface area contributed by atoms with E-state index < -0.39 is 0 Å². The maximum atomic E-state index is 11.9. The molecule has 0 fully saturated rings. The topological polar surface area (TPSA) is 78.6 Å². The van der Waals surface area contributed by atoms with Crippen LogP contribution >= 0.6 is 0 Å². The van der Waals surface area contributed by atoms with Crippen LogP contribution in [-0.2, 0) is 11.3 Å². The van der Waals surface area contributed by atoms with Crippen molar-refractivity contribution in [3.63, 3.8) is 0 Å². The number of nitrogens with zero attached hydrogens (tertiary/aromatic N) is 1. The summed E-state index contributed by atoms with van der Waals surface area (Å²) in [5.41, 5.74) is 7.35. The van der Waals surface area contributed by atoms with Gasteiger partial charge in [0.25, 0.3) is 0 Å². The van der Waals surface area contributed by atoms with Gasteiger partial charge in [0.1, 0.15) is 0 Å². The SMILES string of the molecule is CCCN(CCO)CCC(=O)Nc1cccc(CN)c1. The molecule has 0 aliphatic carbocycles. The van der Waals surface area contributed by atoms with E-state index in [9.17, 15) is 4.79 Å². The summed E-state index contributed by atoms with van der Waals surface area (Å²) in [6.45, 7) is 4.85. The molecule has 5 nitrogen and oxygen atoms in total. The van der Waals surface area contributed by atoms with Crippen LogP contribution in [0.15, 0.2) is 24.3 Å². The molecule has 1 aromatic rings. The first-order chi connectivity index (χ1) is 9.69. The van der Waals surface area contributed by atoms with E-state index in [-0.39, 0.29) is 12.5 Å². The third-order valence-corrected chi connectivity index (χ3v) is 3.06. The molecule has 4 N–H and O–H groups in total. The molecule has 0 spiro atoms. The van der Waals surface area contributed by atoms with Crippen LogP contribution in [0.2, 0.25) is 0 Å². The fourth-order valence-corrected chi connectivity index (χ4v) is 2.05. The van der Waals surface area contributed by atoms with E-state index in [1.807, 2.05) is 24.3 Å². The van der Waals surface area contributed by atoms with E-state index in [1.54, 1.807) is 0 Å². The van der Waals surface area contributed by atoms with Crippen LogP contribution in [-0.4, -0.2) is 42.2 Å². The highest BCUT2D eigenvalue weighted by atomic mass is 16.3. The van der Waals surface area contributed by atoms with Crippen molar-refractivity contribution in [3.05, 3.63) is 29.8 Å². The van der Waals surface area contributed by atoms with Gasteiger partial charge in [-0.2, -0.15) is 0 Å². The molecule has 0 unspecified atom stereocenters. The summed E-state index contributed by atoms with van der Waals surface area (Å²) >= 11 is 0. The maximum Gasteiger partial charge on any atom is 0.225 e. The van der Waals surface area contributed by atoms with Gasteiger partial charge in [-0.1, -0.05) is 19.1 Å². The normalized spacial score (nSPS) is 10.8. The van der Waals surface area contributed by atoms with E-state index in [0.29, 0.717) is 26.1 Å². The van der Waals surface area contributed by atoms with Gasteiger partial charge in [-0.25, -0.2) is 0 Å². The predicted octanol–water partition coefficient (Wildman–Crippen LogP) is 1.18. The average Bonchev–Trinajstić information content (AvgIpc) is 2.45. The first kappa shape index (κ1) is 16.6. The van der Waals surface area contributed by atoms with Gasteiger partial charge < -0.3 is 21.1 Å². The summed E-state index contributed by atoms with van der Waals surface area (Å²) in [6.07, 6.45) is 1.44. The number of carbonyl (C=O) groups excluding carboxylic acids is 1. The second kappa shape index (κ2) is 9.47. The lowest BCUT2D eigenvalue weighted by Crippen LogP contribution is -2.31. The smallest absolute Gasteiger partial charge is 0.225 e. The third kappa shape index (κ3) is 6.14. The molecular weight excluding hydrogens is 254 g/mol. The lowest BCUT2D eigenvalue weighted by Gasteiger charge is -2.20. The van der Waals surface area contributed by atoms with Crippen molar-refractivity contribution in [2.45, 2.75) is 26.3 Å². The summed E-state index contributed by atoms with van der Waals surface area (Å²) < 4.78 is 0. The molecule has 0 aromatic heterocycles. The van der Waals surface area contributed by atoms with E-state index in [2.05, 4.69) is 17.1 Å². The minimum atomic E-state index is -0.0155. The van der Waals surface area contributed by atoms with Crippen LogP contribution in [0.5, 0.6) is 0 Å². The fourth-order valence-electron chi connectivity index (χ4n) is 2.05. The number of nitrogens with two attached hydrogens (primary N) is 1. The lowest BCUT2D eigenvalue weighted by molar-refractivity contribution is -0.116. The third-order valence-electron chi connectivity index (χ3n) is 3.06. The van der Waals surface area contributed by atoms with Gasteiger partial charge in [0.15, 0.2) is 0 Å². The summed E-state index contributed by atoms with van der Waals surface area (Å²) in [6, 6.07) is 7.55. The summed E-state index contributed by atoms with van der Waals surface area (Å²) in [5.74, 6) is -0.0155. The van der Waals surface area contributed by atoms with Crippen molar-refractivity contribution < 1.29 is 9.90 Å². The van der Waals surface area contributed by atoms with Crippen LogP contribution in [0.4, 0.5) is 5.69 Å². The highest BCUT2D eigenvalue weighted by Gasteiger charge is 2.07. The molecule has 1 rings (SSSR count).